The maximum atomic E-state index is 11.8. The molecule has 1 aromatic rings. The summed E-state index contributed by atoms with van der Waals surface area (Å²) >= 11 is 0. The maximum Gasteiger partial charge on any atom is 0.243 e. The molecule has 1 aromatic heterocycles. The van der Waals surface area contributed by atoms with Crippen LogP contribution in [0.1, 0.15) is 30.9 Å². The summed E-state index contributed by atoms with van der Waals surface area (Å²) in [7, 11) is 3.45. The Morgan fingerprint density at radius 1 is 1.46 bits per heavy atom. The number of guanidine groups is 1. The van der Waals surface area contributed by atoms with Gasteiger partial charge in [0.1, 0.15) is 18.1 Å². The van der Waals surface area contributed by atoms with Crippen molar-refractivity contribution in [2.24, 2.45) is 10.9 Å². The summed E-state index contributed by atoms with van der Waals surface area (Å²) in [6, 6.07) is 3.84. The lowest BCUT2D eigenvalue weighted by molar-refractivity contribution is -0.127. The van der Waals surface area contributed by atoms with Crippen molar-refractivity contribution in [3.8, 4) is 0 Å². The number of hydrogen-bond donors (Lipinski definition) is 2. The van der Waals surface area contributed by atoms with Gasteiger partial charge in [-0.3, -0.25) is 4.79 Å². The third-order valence-electron chi connectivity index (χ3n) is 3.99. The topological polar surface area (TPSA) is 79.1 Å². The fourth-order valence-corrected chi connectivity index (χ4v) is 2.39. The Bertz CT molecular complexity index is 562. The van der Waals surface area contributed by atoms with E-state index in [0.717, 1.165) is 37.7 Å². The highest BCUT2D eigenvalue weighted by Gasteiger charge is 2.17. The van der Waals surface area contributed by atoms with Crippen LogP contribution in [0.3, 0.4) is 0 Å². The van der Waals surface area contributed by atoms with E-state index in [1.807, 2.05) is 26.0 Å². The molecule has 1 aliphatic rings. The Morgan fingerprint density at radius 3 is 2.83 bits per heavy atom. The largest absolute Gasteiger partial charge is 0.464 e. The van der Waals surface area contributed by atoms with Gasteiger partial charge in [-0.1, -0.05) is 0 Å². The summed E-state index contributed by atoms with van der Waals surface area (Å²) in [6.45, 7) is 6.37. The summed E-state index contributed by atoms with van der Waals surface area (Å²) < 4.78 is 11.0. The predicted octanol–water partition coefficient (Wildman–Crippen LogP) is 1.31. The minimum atomic E-state index is -0.0424. The SMILES string of the molecule is Cc1ccc(C(C)NC(=NCC(=O)N(C)C)NCC2CCOC2)o1. The average Bonchev–Trinajstić information content (AvgIpc) is 3.20. The number of amides is 1. The third-order valence-corrected chi connectivity index (χ3v) is 3.99. The number of carbonyl (C=O) groups is 1. The number of nitrogens with one attached hydrogen (secondary N) is 2. The summed E-state index contributed by atoms with van der Waals surface area (Å²) in [6.07, 6.45) is 1.05. The van der Waals surface area contributed by atoms with Crippen LogP contribution in [0, 0.1) is 12.8 Å². The Labute approximate surface area is 143 Å². The number of ether oxygens (including phenoxy) is 1. The van der Waals surface area contributed by atoms with Gasteiger partial charge in [0.25, 0.3) is 0 Å². The molecule has 2 N–H and O–H groups in total. The Hall–Kier alpha value is -2.02. The van der Waals surface area contributed by atoms with Gasteiger partial charge in [0.2, 0.25) is 5.91 Å². The third kappa shape index (κ3) is 5.56. The quantitative estimate of drug-likeness (QED) is 0.605. The Morgan fingerprint density at radius 2 is 2.25 bits per heavy atom. The molecule has 0 saturated carbocycles. The molecule has 0 aliphatic carbocycles. The first-order chi connectivity index (χ1) is 11.5. The second-order valence-corrected chi connectivity index (χ2v) is 6.38. The van der Waals surface area contributed by atoms with Crippen LogP contribution in [0.25, 0.3) is 0 Å². The van der Waals surface area contributed by atoms with E-state index in [4.69, 9.17) is 9.15 Å². The van der Waals surface area contributed by atoms with Gasteiger partial charge >= 0.3 is 0 Å². The smallest absolute Gasteiger partial charge is 0.243 e. The van der Waals surface area contributed by atoms with E-state index >= 15 is 0 Å². The van der Waals surface area contributed by atoms with E-state index in [-0.39, 0.29) is 18.5 Å². The molecule has 1 amide bonds. The fraction of sp³-hybridized carbons (Fsp3) is 0.647. The molecule has 0 spiro atoms. The number of hydrogen-bond acceptors (Lipinski definition) is 4. The molecule has 2 unspecified atom stereocenters. The van der Waals surface area contributed by atoms with Crippen LogP contribution in [0.2, 0.25) is 0 Å². The van der Waals surface area contributed by atoms with Crippen molar-refractivity contribution in [2.75, 3.05) is 40.4 Å². The van der Waals surface area contributed by atoms with Crippen LogP contribution in [-0.4, -0.2) is 57.2 Å². The van der Waals surface area contributed by atoms with Crippen molar-refractivity contribution < 1.29 is 13.9 Å². The van der Waals surface area contributed by atoms with Crippen LogP contribution < -0.4 is 10.6 Å². The van der Waals surface area contributed by atoms with Gasteiger partial charge in [0.15, 0.2) is 5.96 Å². The molecular formula is C17H28N4O3. The van der Waals surface area contributed by atoms with Gasteiger partial charge in [0, 0.05) is 33.2 Å². The number of aryl methyl sites for hydroxylation is 1. The van der Waals surface area contributed by atoms with Crippen LogP contribution in [0.15, 0.2) is 21.5 Å². The van der Waals surface area contributed by atoms with Gasteiger partial charge in [-0.15, -0.1) is 0 Å². The molecule has 2 rings (SSSR count). The van der Waals surface area contributed by atoms with Gasteiger partial charge in [-0.2, -0.15) is 0 Å². The molecule has 2 heterocycles. The Balaban J connectivity index is 1.97. The molecule has 7 heteroatoms. The number of nitrogens with zero attached hydrogens (tertiary/aromatic N) is 2. The lowest BCUT2D eigenvalue weighted by Crippen LogP contribution is -2.42. The van der Waals surface area contributed by atoms with Gasteiger partial charge < -0.3 is 24.7 Å². The van der Waals surface area contributed by atoms with Crippen LogP contribution >= 0.6 is 0 Å². The summed E-state index contributed by atoms with van der Waals surface area (Å²) in [5, 5.41) is 6.61. The van der Waals surface area contributed by atoms with Crippen LogP contribution in [-0.2, 0) is 9.53 Å². The standard InChI is InChI=1S/C17H28N4O3/c1-12-5-6-15(24-12)13(2)20-17(19-10-16(22)21(3)4)18-9-14-7-8-23-11-14/h5-6,13-14H,7-11H2,1-4H3,(H2,18,19,20). The summed E-state index contributed by atoms with van der Waals surface area (Å²) in [5.74, 6) is 2.75. The lowest BCUT2D eigenvalue weighted by Gasteiger charge is -2.19. The van der Waals surface area contributed by atoms with Gasteiger partial charge in [-0.05, 0) is 32.4 Å². The van der Waals surface area contributed by atoms with E-state index in [0.29, 0.717) is 11.9 Å². The Kier molecular flexibility index (Phi) is 6.66. The molecule has 1 aliphatic heterocycles. The van der Waals surface area contributed by atoms with E-state index in [1.165, 1.54) is 4.90 Å². The van der Waals surface area contributed by atoms with Crippen molar-refractivity contribution >= 4 is 11.9 Å². The molecule has 7 nitrogen and oxygen atoms in total. The highest BCUT2D eigenvalue weighted by molar-refractivity contribution is 5.84. The van der Waals surface area contributed by atoms with Crippen molar-refractivity contribution in [1.29, 1.82) is 0 Å². The molecule has 2 atom stereocenters. The normalized spacial score (nSPS) is 19.2. The first-order valence-corrected chi connectivity index (χ1v) is 8.34. The average molecular weight is 336 g/mol. The van der Waals surface area contributed by atoms with Crippen LogP contribution in [0.4, 0.5) is 0 Å². The highest BCUT2D eigenvalue weighted by Crippen LogP contribution is 2.15. The molecule has 24 heavy (non-hydrogen) atoms. The van der Waals surface area contributed by atoms with Gasteiger partial charge in [0.05, 0.1) is 12.6 Å². The molecule has 1 fully saturated rings. The second-order valence-electron chi connectivity index (χ2n) is 6.38. The molecule has 1 saturated heterocycles. The van der Waals surface area contributed by atoms with E-state index in [9.17, 15) is 4.79 Å². The zero-order chi connectivity index (χ0) is 17.5. The zero-order valence-corrected chi connectivity index (χ0v) is 15.0. The predicted molar refractivity (Wildman–Crippen MR) is 92.9 cm³/mol. The zero-order valence-electron chi connectivity index (χ0n) is 15.0. The lowest BCUT2D eigenvalue weighted by atomic mass is 10.1. The highest BCUT2D eigenvalue weighted by atomic mass is 16.5. The molecular weight excluding hydrogens is 308 g/mol. The minimum absolute atomic E-state index is 0.0400. The first-order valence-electron chi connectivity index (χ1n) is 8.34. The van der Waals surface area contributed by atoms with Crippen molar-refractivity contribution in [2.45, 2.75) is 26.3 Å². The maximum absolute atomic E-state index is 11.8. The van der Waals surface area contributed by atoms with E-state index < -0.39 is 0 Å². The number of furan rings is 1. The molecule has 134 valence electrons. The van der Waals surface area contributed by atoms with E-state index in [1.54, 1.807) is 14.1 Å². The van der Waals surface area contributed by atoms with Crippen molar-refractivity contribution in [3.05, 3.63) is 23.7 Å². The molecule has 0 radical (unpaired) electrons. The van der Waals surface area contributed by atoms with Gasteiger partial charge in [-0.25, -0.2) is 4.99 Å². The van der Waals surface area contributed by atoms with E-state index in [2.05, 4.69) is 15.6 Å². The number of rotatable bonds is 6. The summed E-state index contributed by atoms with van der Waals surface area (Å²) in [5.41, 5.74) is 0. The fourth-order valence-electron chi connectivity index (χ4n) is 2.39. The number of carbonyl (C=O) groups excluding carboxylic acids is 1. The molecule has 0 aromatic carbocycles. The van der Waals surface area contributed by atoms with Crippen LogP contribution in [0.5, 0.6) is 0 Å². The van der Waals surface area contributed by atoms with Crippen molar-refractivity contribution in [1.82, 2.24) is 15.5 Å². The second kappa shape index (κ2) is 8.73. The summed E-state index contributed by atoms with van der Waals surface area (Å²) in [4.78, 5) is 17.7. The number of likely N-dealkylation sites (N-methyl/N-ethyl adjacent to an activating group) is 1. The first kappa shape index (κ1) is 18.3. The minimum Gasteiger partial charge on any atom is -0.464 e. The monoisotopic (exact) mass is 336 g/mol. The molecule has 0 bridgehead atoms. The number of aliphatic imine (C=N–C) groups is 1. The van der Waals surface area contributed by atoms with Crippen molar-refractivity contribution in [3.63, 3.8) is 0 Å².